The number of hydrogen-bond donors (Lipinski definition) is 0. The molecule has 0 aliphatic carbocycles. The van der Waals surface area contributed by atoms with E-state index in [9.17, 15) is 4.79 Å². The van der Waals surface area contributed by atoms with Gasteiger partial charge in [0.25, 0.3) is 0 Å². The Bertz CT molecular complexity index is 683. The van der Waals surface area contributed by atoms with Crippen molar-refractivity contribution in [3.05, 3.63) is 34.2 Å². The predicted octanol–water partition coefficient (Wildman–Crippen LogP) is 4.18. The van der Waals surface area contributed by atoms with Crippen LogP contribution in [-0.4, -0.2) is 22.3 Å². The average molecular weight is 365 g/mol. The van der Waals surface area contributed by atoms with Gasteiger partial charge in [-0.3, -0.25) is 4.79 Å². The van der Waals surface area contributed by atoms with Crippen LogP contribution in [0.5, 0.6) is 0 Å². The number of carbonyl (C=O) groups excluding carboxylic acids is 1. The number of anilines is 1. The maximum Gasteiger partial charge on any atom is 0.240 e. The lowest BCUT2D eigenvalue weighted by molar-refractivity contribution is -0.117. The van der Waals surface area contributed by atoms with Gasteiger partial charge >= 0.3 is 0 Å². The molecule has 1 unspecified atom stereocenters. The lowest BCUT2D eigenvalue weighted by atomic mass is 10.1. The van der Waals surface area contributed by atoms with Crippen LogP contribution >= 0.6 is 27.3 Å². The molecule has 1 aliphatic heterocycles. The molecular weight excluding hydrogens is 348 g/mol. The molecule has 0 spiro atoms. The molecule has 110 valence electrons. The third kappa shape index (κ3) is 2.77. The Morgan fingerprint density at radius 1 is 1.52 bits per heavy atom. The van der Waals surface area contributed by atoms with Gasteiger partial charge in [-0.05, 0) is 37.5 Å². The number of hydrogen-bond acceptors (Lipinski definition) is 3. The van der Waals surface area contributed by atoms with Crippen molar-refractivity contribution in [1.29, 1.82) is 0 Å². The van der Waals surface area contributed by atoms with E-state index in [1.54, 1.807) is 11.3 Å². The maximum absolute atomic E-state index is 12.4. The number of alkyl halides is 1. The van der Waals surface area contributed by atoms with Crippen LogP contribution < -0.4 is 4.90 Å². The highest BCUT2D eigenvalue weighted by atomic mass is 79.9. The lowest BCUT2D eigenvalue weighted by Crippen LogP contribution is -2.34. The molecule has 1 aromatic carbocycles. The molecule has 0 saturated carbocycles. The normalized spacial score (nSPS) is 15.1. The molecule has 0 fully saturated rings. The van der Waals surface area contributed by atoms with E-state index >= 15 is 0 Å². The molecule has 3 rings (SSSR count). The van der Waals surface area contributed by atoms with Crippen LogP contribution in [0.4, 0.5) is 5.69 Å². The van der Waals surface area contributed by atoms with E-state index in [0.29, 0.717) is 0 Å². The molecule has 1 aliphatic rings. The van der Waals surface area contributed by atoms with Crippen molar-refractivity contribution >= 4 is 38.9 Å². The predicted molar refractivity (Wildman–Crippen MR) is 91.4 cm³/mol. The fraction of sp³-hybridized carbons (Fsp3) is 0.375. The second-order valence-electron chi connectivity index (χ2n) is 5.21. The topological polar surface area (TPSA) is 33.2 Å². The number of carbonyl (C=O) groups is 1. The van der Waals surface area contributed by atoms with E-state index in [2.05, 4.69) is 44.5 Å². The van der Waals surface area contributed by atoms with E-state index in [4.69, 9.17) is 0 Å². The largest absolute Gasteiger partial charge is 0.311 e. The van der Waals surface area contributed by atoms with Crippen LogP contribution in [0.25, 0.3) is 11.3 Å². The van der Waals surface area contributed by atoms with Gasteiger partial charge in [0, 0.05) is 23.2 Å². The minimum atomic E-state index is -0.0932. The van der Waals surface area contributed by atoms with E-state index in [1.807, 2.05) is 18.7 Å². The highest BCUT2D eigenvalue weighted by molar-refractivity contribution is 9.10. The summed E-state index contributed by atoms with van der Waals surface area (Å²) in [6.07, 6.45) is 1.72. The van der Waals surface area contributed by atoms with Gasteiger partial charge in [-0.25, -0.2) is 4.98 Å². The Hall–Kier alpha value is -1.20. The SMILES string of the molecule is CCC(Br)C(=O)N1CCc2cc(-c3csc(C)n3)ccc21. The van der Waals surface area contributed by atoms with E-state index < -0.39 is 0 Å². The van der Waals surface area contributed by atoms with Crippen LogP contribution in [0.3, 0.4) is 0 Å². The van der Waals surface area contributed by atoms with E-state index in [0.717, 1.165) is 41.3 Å². The van der Waals surface area contributed by atoms with Gasteiger partial charge in [-0.15, -0.1) is 11.3 Å². The molecule has 3 nitrogen and oxygen atoms in total. The van der Waals surface area contributed by atoms with Crippen LogP contribution in [-0.2, 0) is 11.2 Å². The van der Waals surface area contributed by atoms with Gasteiger partial charge < -0.3 is 4.90 Å². The van der Waals surface area contributed by atoms with Crippen molar-refractivity contribution in [2.75, 3.05) is 11.4 Å². The Kier molecular flexibility index (Phi) is 4.13. The smallest absolute Gasteiger partial charge is 0.240 e. The summed E-state index contributed by atoms with van der Waals surface area (Å²) in [6.45, 7) is 4.81. The molecule has 0 saturated heterocycles. The third-order valence-corrected chi connectivity index (χ3v) is 5.59. The molecule has 0 N–H and O–H groups in total. The summed E-state index contributed by atoms with van der Waals surface area (Å²) in [5.41, 5.74) is 4.45. The van der Waals surface area contributed by atoms with Crippen molar-refractivity contribution in [3.63, 3.8) is 0 Å². The lowest BCUT2D eigenvalue weighted by Gasteiger charge is -2.20. The zero-order chi connectivity index (χ0) is 15.0. The molecule has 0 radical (unpaired) electrons. The summed E-state index contributed by atoms with van der Waals surface area (Å²) in [6, 6.07) is 6.29. The summed E-state index contributed by atoms with van der Waals surface area (Å²) < 4.78 is 0. The second kappa shape index (κ2) is 5.89. The minimum Gasteiger partial charge on any atom is -0.311 e. The summed E-state index contributed by atoms with van der Waals surface area (Å²) in [5, 5.41) is 3.16. The summed E-state index contributed by atoms with van der Waals surface area (Å²) >= 11 is 5.12. The number of amides is 1. The van der Waals surface area contributed by atoms with Crippen LogP contribution in [0.1, 0.15) is 23.9 Å². The highest BCUT2D eigenvalue weighted by Crippen LogP contribution is 2.33. The number of benzene rings is 1. The molecule has 1 amide bonds. The number of nitrogens with zero attached hydrogens (tertiary/aromatic N) is 2. The molecule has 1 atom stereocenters. The van der Waals surface area contributed by atoms with Gasteiger partial charge in [0.15, 0.2) is 0 Å². The van der Waals surface area contributed by atoms with Crippen LogP contribution in [0, 0.1) is 6.92 Å². The molecule has 2 aromatic rings. The van der Waals surface area contributed by atoms with Gasteiger partial charge in [0.2, 0.25) is 5.91 Å². The van der Waals surface area contributed by atoms with Gasteiger partial charge in [0.05, 0.1) is 15.5 Å². The first-order valence-corrected chi connectivity index (χ1v) is 8.90. The summed E-state index contributed by atoms with van der Waals surface area (Å²) in [4.78, 5) is 18.7. The van der Waals surface area contributed by atoms with Crippen molar-refractivity contribution in [2.45, 2.75) is 31.5 Å². The molecule has 2 heterocycles. The van der Waals surface area contributed by atoms with Gasteiger partial charge in [-0.1, -0.05) is 28.9 Å². The molecule has 5 heteroatoms. The van der Waals surface area contributed by atoms with Crippen molar-refractivity contribution in [3.8, 4) is 11.3 Å². The first kappa shape index (κ1) is 14.7. The summed E-state index contributed by atoms with van der Waals surface area (Å²) in [7, 11) is 0. The van der Waals surface area contributed by atoms with Crippen molar-refractivity contribution in [2.24, 2.45) is 0 Å². The Labute approximate surface area is 137 Å². The fourth-order valence-corrected chi connectivity index (χ4v) is 3.50. The van der Waals surface area contributed by atoms with E-state index in [1.165, 1.54) is 5.56 Å². The average Bonchev–Trinajstić information content (AvgIpc) is 3.11. The van der Waals surface area contributed by atoms with Gasteiger partial charge in [-0.2, -0.15) is 0 Å². The van der Waals surface area contributed by atoms with Crippen LogP contribution in [0.15, 0.2) is 23.6 Å². The fourth-order valence-electron chi connectivity index (χ4n) is 2.63. The zero-order valence-electron chi connectivity index (χ0n) is 12.1. The zero-order valence-corrected chi connectivity index (χ0v) is 14.5. The number of aryl methyl sites for hydroxylation is 1. The van der Waals surface area contributed by atoms with Crippen molar-refractivity contribution < 1.29 is 4.79 Å². The maximum atomic E-state index is 12.4. The number of aromatic nitrogens is 1. The number of halogens is 1. The molecule has 21 heavy (non-hydrogen) atoms. The highest BCUT2D eigenvalue weighted by Gasteiger charge is 2.28. The van der Waals surface area contributed by atoms with Crippen LogP contribution in [0.2, 0.25) is 0 Å². The number of fused-ring (bicyclic) bond motifs is 1. The molecule has 0 bridgehead atoms. The molecular formula is C16H17BrN2OS. The first-order chi connectivity index (χ1) is 10.1. The Morgan fingerprint density at radius 2 is 2.33 bits per heavy atom. The minimum absolute atomic E-state index is 0.0932. The van der Waals surface area contributed by atoms with E-state index in [-0.39, 0.29) is 10.7 Å². The Balaban J connectivity index is 1.90. The second-order valence-corrected chi connectivity index (χ2v) is 7.38. The van der Waals surface area contributed by atoms with Gasteiger partial charge in [0.1, 0.15) is 0 Å². The quantitative estimate of drug-likeness (QED) is 0.765. The monoisotopic (exact) mass is 364 g/mol. The number of thiazole rings is 1. The molecule has 1 aromatic heterocycles. The number of rotatable bonds is 3. The van der Waals surface area contributed by atoms with Crippen molar-refractivity contribution in [1.82, 2.24) is 4.98 Å². The standard InChI is InChI=1S/C16H17BrN2OS/c1-3-13(17)16(20)19-7-6-12-8-11(4-5-15(12)19)14-9-21-10(2)18-14/h4-5,8-9,13H,3,6-7H2,1-2H3. The first-order valence-electron chi connectivity index (χ1n) is 7.11. The summed E-state index contributed by atoms with van der Waals surface area (Å²) in [5.74, 6) is 0.161. The Morgan fingerprint density at radius 3 is 3.00 bits per heavy atom. The third-order valence-electron chi connectivity index (χ3n) is 3.78.